The quantitative estimate of drug-likeness (QED) is 0.659. The summed E-state index contributed by atoms with van der Waals surface area (Å²) >= 11 is 0. The van der Waals surface area contributed by atoms with Crippen molar-refractivity contribution in [2.45, 2.75) is 19.0 Å². The summed E-state index contributed by atoms with van der Waals surface area (Å²) < 4.78 is 0. The van der Waals surface area contributed by atoms with Crippen LogP contribution >= 0.6 is 0 Å². The topological polar surface area (TPSA) is 44.3 Å². The van der Waals surface area contributed by atoms with Gasteiger partial charge in [0.25, 0.3) is 0 Å². The van der Waals surface area contributed by atoms with Gasteiger partial charge in [-0.3, -0.25) is 0 Å². The Kier molecular flexibility index (Phi) is 2.36. The molecule has 0 saturated carbocycles. The van der Waals surface area contributed by atoms with Gasteiger partial charge in [0, 0.05) is 6.61 Å². The minimum Gasteiger partial charge on any atom is -0.396 e. The van der Waals surface area contributed by atoms with Crippen LogP contribution in [0.4, 0.5) is 11.4 Å². The molecule has 0 radical (unpaired) electrons. The lowest BCUT2D eigenvalue weighted by atomic mass is 10.3. The van der Waals surface area contributed by atoms with E-state index in [0.717, 1.165) is 24.2 Å². The molecule has 1 aromatic carbocycles. The first-order chi connectivity index (χ1) is 6.40. The van der Waals surface area contributed by atoms with E-state index in [-0.39, 0.29) is 12.8 Å². The van der Waals surface area contributed by atoms with Crippen LogP contribution in [0, 0.1) is 0 Å². The minimum atomic E-state index is 0.260. The number of benzene rings is 1. The van der Waals surface area contributed by atoms with Crippen LogP contribution in [0.2, 0.25) is 0 Å². The van der Waals surface area contributed by atoms with Crippen molar-refractivity contribution in [3.63, 3.8) is 0 Å². The molecule has 0 aromatic heterocycles. The van der Waals surface area contributed by atoms with Gasteiger partial charge in [-0.15, -0.1) is 0 Å². The van der Waals surface area contributed by atoms with Crippen molar-refractivity contribution >= 4 is 11.4 Å². The Hall–Kier alpha value is -1.22. The Balaban J connectivity index is 1.97. The maximum absolute atomic E-state index is 8.69. The summed E-state index contributed by atoms with van der Waals surface area (Å²) in [5.41, 5.74) is 2.32. The van der Waals surface area contributed by atoms with Crippen molar-refractivity contribution in [1.82, 2.24) is 0 Å². The highest BCUT2D eigenvalue weighted by molar-refractivity contribution is 5.73. The van der Waals surface area contributed by atoms with E-state index in [1.807, 2.05) is 12.1 Å². The third-order valence-electron chi connectivity index (χ3n) is 2.24. The Morgan fingerprint density at radius 1 is 1.15 bits per heavy atom. The SMILES string of the molecule is OCCCC1Nc2ccccc2N1. The lowest BCUT2D eigenvalue weighted by molar-refractivity contribution is 0.283. The van der Waals surface area contributed by atoms with Crippen LogP contribution in [0.3, 0.4) is 0 Å². The highest BCUT2D eigenvalue weighted by atomic mass is 16.2. The molecule has 1 aliphatic rings. The van der Waals surface area contributed by atoms with Gasteiger partial charge in [0.2, 0.25) is 0 Å². The van der Waals surface area contributed by atoms with Gasteiger partial charge in [0.15, 0.2) is 0 Å². The molecule has 70 valence electrons. The molecular formula is C10H14N2O. The molecular weight excluding hydrogens is 164 g/mol. The van der Waals surface area contributed by atoms with Crippen LogP contribution in [0.15, 0.2) is 24.3 Å². The van der Waals surface area contributed by atoms with E-state index < -0.39 is 0 Å². The molecule has 0 unspecified atom stereocenters. The van der Waals surface area contributed by atoms with E-state index in [2.05, 4.69) is 22.8 Å². The molecule has 3 nitrogen and oxygen atoms in total. The monoisotopic (exact) mass is 178 g/mol. The third-order valence-corrected chi connectivity index (χ3v) is 2.24. The first-order valence-electron chi connectivity index (χ1n) is 4.63. The van der Waals surface area contributed by atoms with Crippen LogP contribution in [0.1, 0.15) is 12.8 Å². The summed E-state index contributed by atoms with van der Waals surface area (Å²) in [7, 11) is 0. The van der Waals surface area contributed by atoms with E-state index in [0.29, 0.717) is 0 Å². The van der Waals surface area contributed by atoms with Crippen molar-refractivity contribution in [2.75, 3.05) is 17.2 Å². The molecule has 0 fully saturated rings. The van der Waals surface area contributed by atoms with Crippen LogP contribution < -0.4 is 10.6 Å². The van der Waals surface area contributed by atoms with E-state index in [9.17, 15) is 0 Å². The summed E-state index contributed by atoms with van der Waals surface area (Å²) in [6, 6.07) is 8.15. The van der Waals surface area contributed by atoms with E-state index in [1.165, 1.54) is 0 Å². The van der Waals surface area contributed by atoms with Gasteiger partial charge in [-0.05, 0) is 25.0 Å². The molecule has 0 spiro atoms. The second kappa shape index (κ2) is 3.66. The molecule has 13 heavy (non-hydrogen) atoms. The number of anilines is 2. The number of hydrogen-bond acceptors (Lipinski definition) is 3. The van der Waals surface area contributed by atoms with Crippen LogP contribution in [-0.4, -0.2) is 17.9 Å². The zero-order valence-electron chi connectivity index (χ0n) is 7.46. The lowest BCUT2D eigenvalue weighted by Gasteiger charge is -2.10. The maximum atomic E-state index is 8.69. The second-order valence-electron chi connectivity index (χ2n) is 3.25. The third kappa shape index (κ3) is 1.75. The van der Waals surface area contributed by atoms with Crippen LogP contribution in [0.5, 0.6) is 0 Å². The predicted molar refractivity (Wildman–Crippen MR) is 53.8 cm³/mol. The number of fused-ring (bicyclic) bond motifs is 1. The van der Waals surface area contributed by atoms with Gasteiger partial charge < -0.3 is 15.7 Å². The van der Waals surface area contributed by atoms with Gasteiger partial charge in [-0.1, -0.05) is 12.1 Å². The molecule has 0 bridgehead atoms. The smallest absolute Gasteiger partial charge is 0.0965 e. The number of aliphatic hydroxyl groups excluding tert-OH is 1. The minimum absolute atomic E-state index is 0.260. The highest BCUT2D eigenvalue weighted by Crippen LogP contribution is 2.29. The summed E-state index contributed by atoms with van der Waals surface area (Å²) in [5, 5.41) is 15.4. The molecule has 1 heterocycles. The molecule has 3 N–H and O–H groups in total. The fourth-order valence-electron chi connectivity index (χ4n) is 1.59. The Morgan fingerprint density at radius 2 is 1.77 bits per heavy atom. The zero-order valence-corrected chi connectivity index (χ0v) is 7.46. The average Bonchev–Trinajstić information content (AvgIpc) is 2.57. The normalized spacial score (nSPS) is 14.8. The fourth-order valence-corrected chi connectivity index (χ4v) is 1.59. The first-order valence-corrected chi connectivity index (χ1v) is 4.63. The fraction of sp³-hybridized carbons (Fsp3) is 0.400. The summed E-state index contributed by atoms with van der Waals surface area (Å²) in [6.07, 6.45) is 2.06. The number of aliphatic hydroxyl groups is 1. The van der Waals surface area contributed by atoms with Gasteiger partial charge >= 0.3 is 0 Å². The first kappa shape index (κ1) is 8.38. The van der Waals surface area contributed by atoms with Gasteiger partial charge in [0.05, 0.1) is 17.5 Å². The molecule has 0 atom stereocenters. The van der Waals surface area contributed by atoms with Gasteiger partial charge in [-0.25, -0.2) is 0 Å². The van der Waals surface area contributed by atoms with E-state index in [4.69, 9.17) is 5.11 Å². The summed E-state index contributed by atoms with van der Waals surface area (Å²) in [4.78, 5) is 0. The molecule has 0 amide bonds. The predicted octanol–water partition coefficient (Wildman–Crippen LogP) is 1.62. The van der Waals surface area contributed by atoms with Crippen molar-refractivity contribution in [3.8, 4) is 0 Å². The number of para-hydroxylation sites is 2. The van der Waals surface area contributed by atoms with E-state index in [1.54, 1.807) is 0 Å². The van der Waals surface area contributed by atoms with Gasteiger partial charge in [0.1, 0.15) is 0 Å². The number of nitrogens with one attached hydrogen (secondary N) is 2. The molecule has 1 aliphatic heterocycles. The Bertz CT molecular complexity index is 263. The molecule has 1 aromatic rings. The number of rotatable bonds is 3. The standard InChI is InChI=1S/C10H14N2O/c13-7-3-6-10-11-8-4-1-2-5-9(8)12-10/h1-2,4-5,10-13H,3,6-7H2. The van der Waals surface area contributed by atoms with Crippen molar-refractivity contribution in [2.24, 2.45) is 0 Å². The average molecular weight is 178 g/mol. The van der Waals surface area contributed by atoms with Gasteiger partial charge in [-0.2, -0.15) is 0 Å². The van der Waals surface area contributed by atoms with Crippen molar-refractivity contribution in [1.29, 1.82) is 0 Å². The van der Waals surface area contributed by atoms with Crippen molar-refractivity contribution < 1.29 is 5.11 Å². The largest absolute Gasteiger partial charge is 0.396 e. The summed E-state index contributed by atoms with van der Waals surface area (Å²) in [5.74, 6) is 0. The molecule has 2 rings (SSSR count). The Labute approximate surface area is 77.8 Å². The molecule has 0 aliphatic carbocycles. The highest BCUT2D eigenvalue weighted by Gasteiger charge is 2.17. The van der Waals surface area contributed by atoms with Crippen LogP contribution in [0.25, 0.3) is 0 Å². The lowest BCUT2D eigenvalue weighted by Crippen LogP contribution is -2.22. The second-order valence-corrected chi connectivity index (χ2v) is 3.25. The number of hydrogen-bond donors (Lipinski definition) is 3. The van der Waals surface area contributed by atoms with Crippen LogP contribution in [-0.2, 0) is 0 Å². The molecule has 3 heteroatoms. The van der Waals surface area contributed by atoms with Crippen molar-refractivity contribution in [3.05, 3.63) is 24.3 Å². The maximum Gasteiger partial charge on any atom is 0.0965 e. The molecule has 0 saturated heterocycles. The summed E-state index contributed by atoms with van der Waals surface area (Å²) in [6.45, 7) is 0.260. The zero-order chi connectivity index (χ0) is 9.10. The Morgan fingerprint density at radius 3 is 2.31 bits per heavy atom. The van der Waals surface area contributed by atoms with E-state index >= 15 is 0 Å².